The molecule has 0 bridgehead atoms. The van der Waals surface area contributed by atoms with Gasteiger partial charge in [0.25, 0.3) is 5.91 Å². The first-order valence-electron chi connectivity index (χ1n) is 11.8. The first kappa shape index (κ1) is 23.7. The maximum atomic E-state index is 13.5. The second-order valence-corrected chi connectivity index (χ2v) is 9.32. The fourth-order valence-electron chi connectivity index (χ4n) is 5.46. The van der Waals surface area contributed by atoms with Gasteiger partial charge in [-0.3, -0.25) is 9.59 Å². The van der Waals surface area contributed by atoms with Crippen molar-refractivity contribution in [2.24, 2.45) is 0 Å². The van der Waals surface area contributed by atoms with Crippen molar-refractivity contribution in [2.75, 3.05) is 18.9 Å². The molecule has 0 unspecified atom stereocenters. The number of halogens is 1. The number of urea groups is 1. The van der Waals surface area contributed by atoms with Gasteiger partial charge < -0.3 is 20.3 Å². The summed E-state index contributed by atoms with van der Waals surface area (Å²) < 4.78 is 18.9. The van der Waals surface area contributed by atoms with E-state index < -0.39 is 30.1 Å². The smallest absolute Gasteiger partial charge is 0.418 e. The van der Waals surface area contributed by atoms with Crippen LogP contribution in [0.3, 0.4) is 0 Å². The van der Waals surface area contributed by atoms with Crippen LogP contribution >= 0.6 is 0 Å². The number of aromatic nitrogens is 1. The lowest BCUT2D eigenvalue weighted by Crippen LogP contribution is -2.46. The van der Waals surface area contributed by atoms with Crippen molar-refractivity contribution in [1.82, 2.24) is 20.1 Å². The number of carbonyl (C=O) groups excluding carboxylic acids is 4. The monoisotopic (exact) mass is 495 g/mol. The fraction of sp³-hybridized carbons (Fsp3) is 0.400. The Hall–Kier alpha value is -4.02. The summed E-state index contributed by atoms with van der Waals surface area (Å²) in [6.07, 6.45) is 2.68. The Labute approximate surface area is 206 Å². The number of fused-ring (bicyclic) bond motifs is 2. The van der Waals surface area contributed by atoms with Gasteiger partial charge in [-0.2, -0.15) is 4.39 Å². The summed E-state index contributed by atoms with van der Waals surface area (Å²) in [7, 11) is 1.51. The zero-order valence-corrected chi connectivity index (χ0v) is 19.9. The van der Waals surface area contributed by atoms with Crippen LogP contribution in [0.15, 0.2) is 36.5 Å². The van der Waals surface area contributed by atoms with Crippen molar-refractivity contribution in [2.45, 2.75) is 50.3 Å². The zero-order chi connectivity index (χ0) is 25.6. The Morgan fingerprint density at radius 3 is 2.75 bits per heavy atom. The minimum Gasteiger partial charge on any atom is -0.427 e. The third-order valence-electron chi connectivity index (χ3n) is 7.23. The van der Waals surface area contributed by atoms with Crippen LogP contribution in [0.2, 0.25) is 0 Å². The molecule has 2 aliphatic heterocycles. The Morgan fingerprint density at radius 1 is 1.22 bits per heavy atom. The minimum absolute atomic E-state index is 0.117. The van der Waals surface area contributed by atoms with Gasteiger partial charge >= 0.3 is 12.1 Å². The van der Waals surface area contributed by atoms with Crippen molar-refractivity contribution < 1.29 is 28.3 Å². The van der Waals surface area contributed by atoms with E-state index in [0.29, 0.717) is 29.7 Å². The molecule has 188 valence electrons. The molecule has 2 fully saturated rings. The predicted octanol–water partition coefficient (Wildman–Crippen LogP) is 2.84. The van der Waals surface area contributed by atoms with Crippen LogP contribution in [0, 0.1) is 5.95 Å². The van der Waals surface area contributed by atoms with E-state index >= 15 is 0 Å². The van der Waals surface area contributed by atoms with Gasteiger partial charge in [0, 0.05) is 37.0 Å². The number of amides is 5. The summed E-state index contributed by atoms with van der Waals surface area (Å²) in [5.74, 6) is -1.56. The van der Waals surface area contributed by atoms with E-state index in [1.165, 1.54) is 19.3 Å². The van der Waals surface area contributed by atoms with Crippen LogP contribution in [0.4, 0.5) is 19.7 Å². The van der Waals surface area contributed by atoms with Gasteiger partial charge in [-0.15, -0.1) is 0 Å². The number of hydrogen-bond donors (Lipinski definition) is 2. The largest absolute Gasteiger partial charge is 0.427 e. The molecule has 10 nitrogen and oxygen atoms in total. The number of aryl methyl sites for hydroxylation is 1. The molecule has 0 radical (unpaired) electrons. The van der Waals surface area contributed by atoms with Gasteiger partial charge in [0.15, 0.2) is 0 Å². The number of anilines is 1. The highest BCUT2D eigenvalue weighted by Crippen LogP contribution is 2.46. The highest BCUT2D eigenvalue weighted by molar-refractivity contribution is 6.06. The van der Waals surface area contributed by atoms with Crippen LogP contribution in [0.5, 0.6) is 0 Å². The van der Waals surface area contributed by atoms with Crippen LogP contribution < -0.4 is 10.6 Å². The van der Waals surface area contributed by atoms with Crippen LogP contribution in [0.25, 0.3) is 0 Å². The van der Waals surface area contributed by atoms with Crippen molar-refractivity contribution >= 4 is 29.6 Å². The summed E-state index contributed by atoms with van der Waals surface area (Å²) in [5, 5.41) is 5.16. The fourth-order valence-corrected chi connectivity index (χ4v) is 5.46. The van der Waals surface area contributed by atoms with Crippen LogP contribution in [-0.2, 0) is 26.3 Å². The summed E-state index contributed by atoms with van der Waals surface area (Å²) in [6, 6.07) is 7.10. The SMILES string of the molecule is CNC(=O)Nc1ccc2c(c1)CC[C@@]21OC(=O)N(CC(=O)N2[C@@H](c3ccc(F)nc3)CC[C@@H]2C)C1=O. The summed E-state index contributed by atoms with van der Waals surface area (Å²) in [5.41, 5.74) is 1.12. The van der Waals surface area contributed by atoms with Gasteiger partial charge in [0.2, 0.25) is 17.5 Å². The molecule has 2 aromatic rings. The van der Waals surface area contributed by atoms with Crippen LogP contribution in [0.1, 0.15) is 48.9 Å². The Morgan fingerprint density at radius 2 is 2.03 bits per heavy atom. The molecule has 1 aromatic carbocycles. The topological polar surface area (TPSA) is 121 Å². The van der Waals surface area contributed by atoms with E-state index in [-0.39, 0.29) is 30.4 Å². The van der Waals surface area contributed by atoms with Crippen molar-refractivity contribution in [3.05, 3.63) is 59.2 Å². The van der Waals surface area contributed by atoms with Crippen LogP contribution in [-0.4, -0.2) is 58.4 Å². The van der Waals surface area contributed by atoms with E-state index in [4.69, 9.17) is 4.74 Å². The number of rotatable bonds is 4. The van der Waals surface area contributed by atoms with E-state index in [0.717, 1.165) is 16.9 Å². The second-order valence-electron chi connectivity index (χ2n) is 9.32. The molecule has 1 aliphatic carbocycles. The Balaban J connectivity index is 1.35. The molecule has 5 amide bonds. The molecule has 1 aromatic heterocycles. The number of nitrogens with zero attached hydrogens (tertiary/aromatic N) is 3. The number of imide groups is 1. The normalized spacial score (nSPS) is 24.8. The van der Waals surface area contributed by atoms with Gasteiger partial charge in [-0.1, -0.05) is 12.1 Å². The first-order chi connectivity index (χ1) is 17.2. The quantitative estimate of drug-likeness (QED) is 0.630. The lowest BCUT2D eigenvalue weighted by Gasteiger charge is -2.30. The molecule has 3 aliphatic rings. The number of pyridine rings is 1. The number of carbonyl (C=O) groups is 4. The molecule has 2 N–H and O–H groups in total. The molecule has 5 rings (SSSR count). The molecule has 3 heterocycles. The molecule has 3 atom stereocenters. The molecule has 1 spiro atoms. The average molecular weight is 496 g/mol. The molecule has 11 heteroatoms. The maximum absolute atomic E-state index is 13.5. The van der Waals surface area contributed by atoms with Crippen molar-refractivity contribution in [3.63, 3.8) is 0 Å². The standard InChI is InChI=1S/C25H26FN5O5/c1-14-3-7-19(16-4-8-20(26)28-12-16)31(14)21(32)13-30-22(33)25(36-24(30)35)10-9-15-11-17(5-6-18(15)25)29-23(34)27-2/h4-6,8,11-12,14,19H,3,7,9-10,13H2,1-2H3,(H2,27,29,34)/t14-,19+,25+/m0/s1. The summed E-state index contributed by atoms with van der Waals surface area (Å²) in [4.78, 5) is 57.5. The summed E-state index contributed by atoms with van der Waals surface area (Å²) >= 11 is 0. The Kier molecular flexibility index (Phi) is 5.85. The second kappa shape index (κ2) is 8.89. The number of likely N-dealkylation sites (tertiary alicyclic amines) is 1. The summed E-state index contributed by atoms with van der Waals surface area (Å²) in [6.45, 7) is 1.46. The third kappa shape index (κ3) is 3.84. The lowest BCUT2D eigenvalue weighted by molar-refractivity contribution is -0.143. The first-order valence-corrected chi connectivity index (χ1v) is 11.8. The van der Waals surface area contributed by atoms with Gasteiger partial charge in [-0.05, 0) is 55.5 Å². The maximum Gasteiger partial charge on any atom is 0.418 e. The number of ether oxygens (including phenoxy) is 1. The molecule has 2 saturated heterocycles. The Bertz CT molecular complexity index is 1250. The van der Waals surface area contributed by atoms with Crippen molar-refractivity contribution in [1.29, 1.82) is 0 Å². The number of hydrogen-bond acceptors (Lipinski definition) is 6. The van der Waals surface area contributed by atoms with Gasteiger partial charge in [0.05, 0.1) is 6.04 Å². The van der Waals surface area contributed by atoms with E-state index in [1.807, 2.05) is 6.92 Å². The average Bonchev–Trinajstić information content (AvgIpc) is 3.49. The number of benzene rings is 1. The molecule has 0 saturated carbocycles. The lowest BCUT2D eigenvalue weighted by atomic mass is 9.94. The highest BCUT2D eigenvalue weighted by atomic mass is 19.1. The molecular weight excluding hydrogens is 469 g/mol. The van der Waals surface area contributed by atoms with Gasteiger partial charge in [-0.25, -0.2) is 19.5 Å². The third-order valence-corrected chi connectivity index (χ3v) is 7.23. The highest BCUT2D eigenvalue weighted by Gasteiger charge is 2.58. The zero-order valence-electron chi connectivity index (χ0n) is 19.9. The van der Waals surface area contributed by atoms with Crippen molar-refractivity contribution in [3.8, 4) is 0 Å². The number of nitrogens with one attached hydrogen (secondary N) is 2. The minimum atomic E-state index is -1.48. The molecule has 36 heavy (non-hydrogen) atoms. The van der Waals surface area contributed by atoms with Gasteiger partial charge in [0.1, 0.15) is 6.54 Å². The van der Waals surface area contributed by atoms with E-state index in [2.05, 4.69) is 15.6 Å². The predicted molar refractivity (Wildman–Crippen MR) is 125 cm³/mol. The molecular formula is C25H26FN5O5. The van der Waals surface area contributed by atoms with E-state index in [9.17, 15) is 23.6 Å². The van der Waals surface area contributed by atoms with E-state index in [1.54, 1.807) is 29.2 Å².